The Balaban J connectivity index is 1.99. The quantitative estimate of drug-likeness (QED) is 0.816. The topological polar surface area (TPSA) is 90.3 Å². The maximum absolute atomic E-state index is 12.8. The Morgan fingerprint density at radius 1 is 1.20 bits per heavy atom. The molecule has 0 saturated carbocycles. The van der Waals surface area contributed by atoms with E-state index < -0.39 is 11.2 Å². The summed E-state index contributed by atoms with van der Waals surface area (Å²) < 4.78 is 2.04. The maximum atomic E-state index is 12.8. The largest absolute Gasteiger partial charge is 0.384 e. The number of rotatable bonds is 3. The molecule has 8 heteroatoms. The zero-order valence-corrected chi connectivity index (χ0v) is 15.0. The van der Waals surface area contributed by atoms with Crippen LogP contribution in [0.5, 0.6) is 0 Å². The van der Waals surface area contributed by atoms with E-state index in [2.05, 4.69) is 0 Å². The molecule has 0 amide bonds. The molecule has 0 aliphatic carbocycles. The van der Waals surface area contributed by atoms with Gasteiger partial charge in [0.05, 0.1) is 12.2 Å². The third kappa shape index (κ3) is 3.09. The van der Waals surface area contributed by atoms with Crippen LogP contribution in [0.2, 0.25) is 0 Å². The summed E-state index contributed by atoms with van der Waals surface area (Å²) in [6, 6.07) is 7.91. The lowest BCUT2D eigenvalue weighted by Crippen LogP contribution is -2.43. The number of fused-ring (bicyclic) bond motifs is 1. The smallest absolute Gasteiger partial charge is 0.332 e. The highest BCUT2D eigenvalue weighted by Crippen LogP contribution is 2.33. The number of benzene rings is 1. The Bertz CT molecular complexity index is 948. The van der Waals surface area contributed by atoms with Crippen LogP contribution >= 0.6 is 11.8 Å². The number of thioether (sulfide) groups is 1. The number of Topliss-reactive ketones (excluding diaryl/α,β-unsaturated/α-hetero) is 1. The fourth-order valence-electron chi connectivity index (χ4n) is 2.94. The molecular formula is C17H20N4O3S. The monoisotopic (exact) mass is 360 g/mol. The number of aromatic nitrogens is 2. The van der Waals surface area contributed by atoms with Gasteiger partial charge < -0.3 is 10.6 Å². The van der Waals surface area contributed by atoms with Crippen LogP contribution in [0.25, 0.3) is 0 Å². The van der Waals surface area contributed by atoms with Gasteiger partial charge in [-0.1, -0.05) is 12.1 Å². The molecule has 0 radical (unpaired) electrons. The van der Waals surface area contributed by atoms with E-state index in [9.17, 15) is 14.4 Å². The number of nitrogen functional groups attached to an aromatic ring is 1. The molecule has 25 heavy (non-hydrogen) atoms. The fraction of sp³-hybridized carbons (Fsp3) is 0.353. The van der Waals surface area contributed by atoms with Crippen LogP contribution in [0.3, 0.4) is 0 Å². The number of anilines is 2. The molecule has 2 aromatic rings. The molecule has 7 nitrogen and oxygen atoms in total. The number of carbonyl (C=O) groups excluding carboxylic acids is 1. The van der Waals surface area contributed by atoms with E-state index in [0.717, 1.165) is 38.4 Å². The van der Waals surface area contributed by atoms with Crippen molar-refractivity contribution in [3.63, 3.8) is 0 Å². The zero-order chi connectivity index (χ0) is 18.1. The summed E-state index contributed by atoms with van der Waals surface area (Å²) in [4.78, 5) is 40.2. The first kappa shape index (κ1) is 17.3. The average Bonchev–Trinajstić information content (AvgIpc) is 2.81. The summed E-state index contributed by atoms with van der Waals surface area (Å²) in [6.07, 6.45) is 0.938. The van der Waals surface area contributed by atoms with Crippen molar-refractivity contribution in [2.24, 2.45) is 14.1 Å². The minimum Gasteiger partial charge on any atom is -0.384 e. The van der Waals surface area contributed by atoms with Gasteiger partial charge in [-0.15, -0.1) is 11.8 Å². The van der Waals surface area contributed by atoms with Crippen molar-refractivity contribution in [2.75, 3.05) is 29.5 Å². The van der Waals surface area contributed by atoms with Gasteiger partial charge in [-0.3, -0.25) is 18.7 Å². The number of ketones is 1. The Labute approximate surface area is 149 Å². The lowest BCUT2D eigenvalue weighted by Gasteiger charge is -2.24. The molecule has 2 N–H and O–H groups in total. The molecule has 0 atom stereocenters. The van der Waals surface area contributed by atoms with Gasteiger partial charge in [0.25, 0.3) is 5.56 Å². The summed E-state index contributed by atoms with van der Waals surface area (Å²) in [5.41, 5.74) is 5.55. The van der Waals surface area contributed by atoms with Gasteiger partial charge in [0.1, 0.15) is 11.4 Å². The first-order chi connectivity index (χ1) is 11.9. The van der Waals surface area contributed by atoms with Crippen molar-refractivity contribution in [3.8, 4) is 0 Å². The number of para-hydroxylation sites is 1. The first-order valence-electron chi connectivity index (χ1n) is 7.97. The van der Waals surface area contributed by atoms with Crippen molar-refractivity contribution < 1.29 is 4.79 Å². The molecule has 0 bridgehead atoms. The summed E-state index contributed by atoms with van der Waals surface area (Å²) in [7, 11) is 2.80. The fourth-order valence-corrected chi connectivity index (χ4v) is 3.95. The minimum absolute atomic E-state index is 0.0508. The van der Waals surface area contributed by atoms with Gasteiger partial charge in [0.2, 0.25) is 0 Å². The van der Waals surface area contributed by atoms with E-state index in [0.29, 0.717) is 0 Å². The third-order valence-electron chi connectivity index (χ3n) is 4.36. The second kappa shape index (κ2) is 6.79. The Morgan fingerprint density at radius 3 is 2.68 bits per heavy atom. The normalized spacial score (nSPS) is 14.1. The van der Waals surface area contributed by atoms with Gasteiger partial charge >= 0.3 is 5.69 Å². The minimum atomic E-state index is -0.650. The molecule has 1 aliphatic rings. The molecule has 3 rings (SSSR count). The molecule has 0 fully saturated rings. The second-order valence-corrected chi connectivity index (χ2v) is 7.12. The van der Waals surface area contributed by atoms with Crippen LogP contribution in [0, 0.1) is 0 Å². The Kier molecular flexibility index (Phi) is 4.71. The van der Waals surface area contributed by atoms with Crippen LogP contribution in [0.4, 0.5) is 11.5 Å². The molecule has 0 saturated heterocycles. The standard InChI is InChI=1S/C17H20N4O3S/c1-19-15(18)14(16(23)20(2)17(19)24)12(22)10-21-8-5-9-25-13-7-4-3-6-11(13)21/h3-4,6-7H,5,8-10,18H2,1-2H3. The SMILES string of the molecule is Cn1c(N)c(C(=O)CN2CCCSc3ccccc32)c(=O)n(C)c1=O. The predicted molar refractivity (Wildman–Crippen MR) is 99.7 cm³/mol. The molecular weight excluding hydrogens is 340 g/mol. The summed E-state index contributed by atoms with van der Waals surface area (Å²) >= 11 is 1.76. The van der Waals surface area contributed by atoms with Crippen LogP contribution in [0.15, 0.2) is 38.8 Å². The number of hydrogen-bond acceptors (Lipinski definition) is 6. The van der Waals surface area contributed by atoms with Gasteiger partial charge in [-0.25, -0.2) is 4.79 Å². The van der Waals surface area contributed by atoms with E-state index >= 15 is 0 Å². The summed E-state index contributed by atoms with van der Waals surface area (Å²) in [6.45, 7) is 0.775. The predicted octanol–water partition coefficient (Wildman–Crippen LogP) is 0.851. The number of hydrogen-bond donors (Lipinski definition) is 1. The van der Waals surface area contributed by atoms with E-state index in [1.807, 2.05) is 29.2 Å². The maximum Gasteiger partial charge on any atom is 0.332 e. The molecule has 1 aromatic heterocycles. The van der Waals surface area contributed by atoms with E-state index in [1.54, 1.807) is 11.8 Å². The summed E-state index contributed by atoms with van der Waals surface area (Å²) in [5.74, 6) is 0.511. The number of nitrogens with zero attached hydrogens (tertiary/aromatic N) is 3. The van der Waals surface area contributed by atoms with Crippen LogP contribution in [-0.4, -0.2) is 33.8 Å². The first-order valence-corrected chi connectivity index (χ1v) is 8.96. The van der Waals surface area contributed by atoms with Gasteiger partial charge in [0, 0.05) is 25.5 Å². The highest BCUT2D eigenvalue weighted by Gasteiger charge is 2.24. The van der Waals surface area contributed by atoms with Crippen molar-refractivity contribution in [1.82, 2.24) is 9.13 Å². The lowest BCUT2D eigenvalue weighted by molar-refractivity contribution is 0.0997. The van der Waals surface area contributed by atoms with E-state index in [1.165, 1.54) is 14.1 Å². The van der Waals surface area contributed by atoms with Crippen LogP contribution in [0.1, 0.15) is 16.8 Å². The number of nitrogens with two attached hydrogens (primary N) is 1. The molecule has 0 spiro atoms. The Hall–Kier alpha value is -2.48. The summed E-state index contributed by atoms with van der Waals surface area (Å²) in [5, 5.41) is 0. The zero-order valence-electron chi connectivity index (χ0n) is 14.2. The van der Waals surface area contributed by atoms with Crippen molar-refractivity contribution in [2.45, 2.75) is 11.3 Å². The molecule has 1 aliphatic heterocycles. The molecule has 2 heterocycles. The van der Waals surface area contributed by atoms with Crippen molar-refractivity contribution >= 4 is 29.1 Å². The average molecular weight is 360 g/mol. The van der Waals surface area contributed by atoms with Gasteiger partial charge in [-0.05, 0) is 24.3 Å². The van der Waals surface area contributed by atoms with Crippen molar-refractivity contribution in [3.05, 3.63) is 50.7 Å². The highest BCUT2D eigenvalue weighted by molar-refractivity contribution is 7.99. The third-order valence-corrected chi connectivity index (χ3v) is 5.51. The van der Waals surface area contributed by atoms with Crippen LogP contribution < -0.4 is 21.9 Å². The van der Waals surface area contributed by atoms with Crippen LogP contribution in [-0.2, 0) is 14.1 Å². The molecule has 0 unspecified atom stereocenters. The molecule has 1 aromatic carbocycles. The van der Waals surface area contributed by atoms with Gasteiger partial charge in [-0.2, -0.15) is 0 Å². The van der Waals surface area contributed by atoms with Crippen molar-refractivity contribution in [1.29, 1.82) is 0 Å². The van der Waals surface area contributed by atoms with E-state index in [-0.39, 0.29) is 23.7 Å². The van der Waals surface area contributed by atoms with Gasteiger partial charge in [0.15, 0.2) is 5.78 Å². The Morgan fingerprint density at radius 2 is 1.92 bits per heavy atom. The second-order valence-electron chi connectivity index (χ2n) is 5.98. The molecule has 132 valence electrons. The number of carbonyl (C=O) groups is 1. The highest BCUT2D eigenvalue weighted by atomic mass is 32.2. The lowest BCUT2D eigenvalue weighted by atomic mass is 10.1. The van der Waals surface area contributed by atoms with E-state index in [4.69, 9.17) is 5.73 Å².